The molecule has 1 aliphatic heterocycles. The number of nitrogens with one attached hydrogen (secondary N) is 1. The first-order valence-corrected chi connectivity index (χ1v) is 8.38. The van der Waals surface area contributed by atoms with Crippen molar-refractivity contribution in [3.05, 3.63) is 28.7 Å². The number of anilines is 1. The van der Waals surface area contributed by atoms with Crippen molar-refractivity contribution in [2.45, 2.75) is 20.3 Å². The van der Waals surface area contributed by atoms with E-state index in [-0.39, 0.29) is 6.03 Å². The van der Waals surface area contributed by atoms with Gasteiger partial charge in [0.2, 0.25) is 0 Å². The van der Waals surface area contributed by atoms with E-state index in [0.717, 1.165) is 48.8 Å². The maximum absolute atomic E-state index is 12.3. The number of urea groups is 1. The van der Waals surface area contributed by atoms with Crippen LogP contribution in [0.4, 0.5) is 10.5 Å². The van der Waals surface area contributed by atoms with Gasteiger partial charge in [-0.2, -0.15) is 0 Å². The molecule has 4 nitrogen and oxygen atoms in total. The van der Waals surface area contributed by atoms with E-state index in [4.69, 9.17) is 0 Å². The first-order chi connectivity index (χ1) is 10.1. The van der Waals surface area contributed by atoms with Crippen LogP contribution in [0, 0.1) is 5.92 Å². The molecule has 0 radical (unpaired) electrons. The number of para-hydroxylation sites is 1. The molecule has 1 saturated heterocycles. The van der Waals surface area contributed by atoms with Gasteiger partial charge in [0.25, 0.3) is 0 Å². The second-order valence-electron chi connectivity index (χ2n) is 5.92. The molecule has 1 fully saturated rings. The minimum Gasteiger partial charge on any atom is -0.322 e. The molecule has 0 aliphatic carbocycles. The van der Waals surface area contributed by atoms with Gasteiger partial charge in [0.05, 0.1) is 5.69 Å². The summed E-state index contributed by atoms with van der Waals surface area (Å²) in [6.45, 7) is 9.18. The second kappa shape index (κ2) is 7.80. The van der Waals surface area contributed by atoms with E-state index in [9.17, 15) is 4.79 Å². The summed E-state index contributed by atoms with van der Waals surface area (Å²) in [5, 5.41) is 2.97. The van der Waals surface area contributed by atoms with Gasteiger partial charge in [0, 0.05) is 30.7 Å². The van der Waals surface area contributed by atoms with Crippen LogP contribution in [0.5, 0.6) is 0 Å². The van der Waals surface area contributed by atoms with Crippen LogP contribution < -0.4 is 5.32 Å². The molecule has 1 N–H and O–H groups in total. The molecule has 0 spiro atoms. The zero-order chi connectivity index (χ0) is 15.2. The summed E-state index contributed by atoms with van der Waals surface area (Å²) in [5.41, 5.74) is 0.824. The van der Waals surface area contributed by atoms with Crippen LogP contribution in [-0.2, 0) is 0 Å². The molecule has 0 aromatic heterocycles. The van der Waals surface area contributed by atoms with Gasteiger partial charge < -0.3 is 10.2 Å². The number of rotatable bonds is 4. The SMILES string of the molecule is CC(C)CCN1CCN(C(=O)Nc2ccccc2Br)CC1. The summed E-state index contributed by atoms with van der Waals surface area (Å²) in [4.78, 5) is 16.6. The minimum absolute atomic E-state index is 0.00888. The third-order valence-electron chi connectivity index (χ3n) is 3.80. The fraction of sp³-hybridized carbons (Fsp3) is 0.562. The molecule has 5 heteroatoms. The quantitative estimate of drug-likeness (QED) is 0.896. The summed E-state index contributed by atoms with van der Waals surface area (Å²) in [6, 6.07) is 7.68. The summed E-state index contributed by atoms with van der Waals surface area (Å²) >= 11 is 3.45. The number of nitrogens with zero attached hydrogens (tertiary/aromatic N) is 2. The highest BCUT2D eigenvalue weighted by Crippen LogP contribution is 2.21. The van der Waals surface area contributed by atoms with E-state index in [1.807, 2.05) is 29.2 Å². The number of hydrogen-bond donors (Lipinski definition) is 1. The van der Waals surface area contributed by atoms with Gasteiger partial charge in [-0.05, 0) is 46.9 Å². The van der Waals surface area contributed by atoms with Crippen LogP contribution in [0.3, 0.4) is 0 Å². The van der Waals surface area contributed by atoms with Crippen molar-refractivity contribution in [3.63, 3.8) is 0 Å². The average molecular weight is 354 g/mol. The van der Waals surface area contributed by atoms with Crippen LogP contribution in [0.25, 0.3) is 0 Å². The van der Waals surface area contributed by atoms with Crippen LogP contribution in [0.15, 0.2) is 28.7 Å². The average Bonchev–Trinajstić information content (AvgIpc) is 2.48. The number of carbonyl (C=O) groups excluding carboxylic acids is 1. The van der Waals surface area contributed by atoms with E-state index in [1.165, 1.54) is 6.42 Å². The molecule has 0 bridgehead atoms. The zero-order valence-corrected chi connectivity index (χ0v) is 14.4. The number of hydrogen-bond acceptors (Lipinski definition) is 2. The van der Waals surface area contributed by atoms with E-state index in [1.54, 1.807) is 0 Å². The maximum atomic E-state index is 12.3. The predicted octanol–water partition coefficient (Wildman–Crippen LogP) is 3.64. The maximum Gasteiger partial charge on any atom is 0.321 e. The smallest absolute Gasteiger partial charge is 0.321 e. The molecule has 1 aromatic carbocycles. The van der Waals surface area contributed by atoms with Gasteiger partial charge in [0.15, 0.2) is 0 Å². The largest absolute Gasteiger partial charge is 0.322 e. The Labute approximate surface area is 135 Å². The Morgan fingerprint density at radius 3 is 2.52 bits per heavy atom. The first-order valence-electron chi connectivity index (χ1n) is 7.59. The highest BCUT2D eigenvalue weighted by atomic mass is 79.9. The predicted molar refractivity (Wildman–Crippen MR) is 90.6 cm³/mol. The lowest BCUT2D eigenvalue weighted by Gasteiger charge is -2.35. The molecule has 1 aliphatic rings. The normalized spacial score (nSPS) is 16.3. The number of benzene rings is 1. The number of amides is 2. The van der Waals surface area contributed by atoms with Gasteiger partial charge in [-0.25, -0.2) is 4.79 Å². The molecule has 1 aromatic rings. The number of piperazine rings is 1. The topological polar surface area (TPSA) is 35.6 Å². The van der Waals surface area contributed by atoms with Gasteiger partial charge in [-0.15, -0.1) is 0 Å². The van der Waals surface area contributed by atoms with Crippen molar-refractivity contribution in [1.82, 2.24) is 9.80 Å². The van der Waals surface area contributed by atoms with E-state index in [2.05, 4.69) is 40.0 Å². The highest BCUT2D eigenvalue weighted by molar-refractivity contribution is 9.10. The summed E-state index contributed by atoms with van der Waals surface area (Å²) in [6.07, 6.45) is 1.23. The Kier molecular flexibility index (Phi) is 6.06. The van der Waals surface area contributed by atoms with Crippen molar-refractivity contribution in [2.75, 3.05) is 38.0 Å². The summed E-state index contributed by atoms with van der Waals surface area (Å²) in [5.74, 6) is 0.738. The van der Waals surface area contributed by atoms with Gasteiger partial charge in [0.1, 0.15) is 0 Å². The molecule has 0 saturated carbocycles. The number of halogens is 1. The molecule has 0 atom stereocenters. The molecule has 1 heterocycles. The molecular weight excluding hydrogens is 330 g/mol. The van der Waals surface area contributed by atoms with Gasteiger partial charge in [-0.3, -0.25) is 4.90 Å². The molecule has 0 unspecified atom stereocenters. The zero-order valence-electron chi connectivity index (χ0n) is 12.8. The van der Waals surface area contributed by atoms with Gasteiger partial charge >= 0.3 is 6.03 Å². The first kappa shape index (κ1) is 16.3. The fourth-order valence-electron chi connectivity index (χ4n) is 2.37. The lowest BCUT2D eigenvalue weighted by molar-refractivity contribution is 0.143. The van der Waals surface area contributed by atoms with E-state index >= 15 is 0 Å². The third-order valence-corrected chi connectivity index (χ3v) is 4.49. The Morgan fingerprint density at radius 2 is 1.90 bits per heavy atom. The third kappa shape index (κ3) is 5.00. The Hall–Kier alpha value is -1.07. The number of carbonyl (C=O) groups is 1. The summed E-state index contributed by atoms with van der Waals surface area (Å²) in [7, 11) is 0. The highest BCUT2D eigenvalue weighted by Gasteiger charge is 2.21. The van der Waals surface area contributed by atoms with E-state index < -0.39 is 0 Å². The molecule has 2 amide bonds. The lowest BCUT2D eigenvalue weighted by atomic mass is 10.1. The van der Waals surface area contributed by atoms with Crippen LogP contribution in [0.1, 0.15) is 20.3 Å². The molecule has 2 rings (SSSR count). The Balaban J connectivity index is 1.79. The van der Waals surface area contributed by atoms with Crippen LogP contribution in [-0.4, -0.2) is 48.6 Å². The Morgan fingerprint density at radius 1 is 1.24 bits per heavy atom. The van der Waals surface area contributed by atoms with Crippen molar-refractivity contribution < 1.29 is 4.79 Å². The van der Waals surface area contributed by atoms with Crippen LogP contribution >= 0.6 is 15.9 Å². The van der Waals surface area contributed by atoms with Crippen molar-refractivity contribution in [1.29, 1.82) is 0 Å². The van der Waals surface area contributed by atoms with Crippen molar-refractivity contribution in [3.8, 4) is 0 Å². The Bertz CT molecular complexity index is 470. The van der Waals surface area contributed by atoms with E-state index in [0.29, 0.717) is 0 Å². The van der Waals surface area contributed by atoms with Crippen molar-refractivity contribution in [2.24, 2.45) is 5.92 Å². The lowest BCUT2D eigenvalue weighted by Crippen LogP contribution is -2.50. The molecule has 21 heavy (non-hydrogen) atoms. The summed E-state index contributed by atoms with van der Waals surface area (Å²) < 4.78 is 0.911. The molecule has 116 valence electrons. The fourth-order valence-corrected chi connectivity index (χ4v) is 2.76. The van der Waals surface area contributed by atoms with Gasteiger partial charge in [-0.1, -0.05) is 26.0 Å². The van der Waals surface area contributed by atoms with Crippen LogP contribution in [0.2, 0.25) is 0 Å². The monoisotopic (exact) mass is 353 g/mol. The molecular formula is C16H24BrN3O. The second-order valence-corrected chi connectivity index (χ2v) is 6.78. The van der Waals surface area contributed by atoms with Crippen molar-refractivity contribution >= 4 is 27.6 Å². The minimum atomic E-state index is -0.00888. The standard InChI is InChI=1S/C16H24BrN3O/c1-13(2)7-8-19-9-11-20(12-10-19)16(21)18-15-6-4-3-5-14(15)17/h3-6,13H,7-12H2,1-2H3,(H,18,21).